The second kappa shape index (κ2) is 8.43. The minimum absolute atomic E-state index is 0. The van der Waals surface area contributed by atoms with Crippen molar-refractivity contribution in [2.24, 2.45) is 0 Å². The van der Waals surface area contributed by atoms with Gasteiger partial charge in [-0.15, -0.1) is 23.7 Å². The van der Waals surface area contributed by atoms with Crippen LogP contribution in [0.5, 0.6) is 5.75 Å². The number of benzene rings is 1. The van der Waals surface area contributed by atoms with Crippen molar-refractivity contribution in [2.75, 3.05) is 6.61 Å². The van der Waals surface area contributed by atoms with Crippen LogP contribution in [0, 0.1) is 0 Å². The van der Waals surface area contributed by atoms with E-state index in [1.54, 1.807) is 11.3 Å². The van der Waals surface area contributed by atoms with Gasteiger partial charge in [0.25, 0.3) is 0 Å². The molecule has 2 nitrogen and oxygen atoms in total. The van der Waals surface area contributed by atoms with Crippen molar-refractivity contribution in [1.82, 2.24) is 5.32 Å². The van der Waals surface area contributed by atoms with Gasteiger partial charge in [-0.25, -0.2) is 0 Å². The van der Waals surface area contributed by atoms with Crippen LogP contribution in [0.3, 0.4) is 0 Å². The predicted octanol–water partition coefficient (Wildman–Crippen LogP) is 4.51. The van der Waals surface area contributed by atoms with Crippen molar-refractivity contribution in [2.45, 2.75) is 20.0 Å². The number of nitrogens with one attached hydrogen (secondary N) is 1. The van der Waals surface area contributed by atoms with Crippen LogP contribution in [-0.2, 0) is 13.1 Å². The van der Waals surface area contributed by atoms with Crippen LogP contribution in [0.15, 0.2) is 35.7 Å². The second-order valence-corrected chi connectivity index (χ2v) is 5.32. The average Bonchev–Trinajstić information content (AvgIpc) is 2.86. The summed E-state index contributed by atoms with van der Waals surface area (Å²) in [7, 11) is 0. The molecule has 0 bridgehead atoms. The predicted molar refractivity (Wildman–Crippen MR) is 84.7 cm³/mol. The Morgan fingerprint density at radius 3 is 2.74 bits per heavy atom. The van der Waals surface area contributed by atoms with E-state index in [4.69, 9.17) is 16.3 Å². The van der Waals surface area contributed by atoms with Gasteiger partial charge in [0, 0.05) is 18.0 Å². The van der Waals surface area contributed by atoms with Crippen LogP contribution in [0.4, 0.5) is 0 Å². The Labute approximate surface area is 129 Å². The van der Waals surface area contributed by atoms with E-state index in [1.807, 2.05) is 25.1 Å². The lowest BCUT2D eigenvalue weighted by atomic mass is 10.2. The number of rotatable bonds is 6. The number of hydrogen-bond donors (Lipinski definition) is 1. The smallest absolute Gasteiger partial charge is 0.137 e. The van der Waals surface area contributed by atoms with Crippen LogP contribution < -0.4 is 10.1 Å². The van der Waals surface area contributed by atoms with E-state index in [2.05, 4.69) is 22.8 Å². The van der Waals surface area contributed by atoms with Gasteiger partial charge in [0.1, 0.15) is 5.75 Å². The molecule has 0 aliphatic heterocycles. The number of ether oxygens (including phenoxy) is 1. The summed E-state index contributed by atoms with van der Waals surface area (Å²) < 4.78 is 5.40. The third-order valence-corrected chi connectivity index (χ3v) is 3.68. The summed E-state index contributed by atoms with van der Waals surface area (Å²) in [5.41, 5.74) is 1.17. The largest absolute Gasteiger partial charge is 0.492 e. The van der Waals surface area contributed by atoms with Crippen LogP contribution in [0.25, 0.3) is 0 Å². The van der Waals surface area contributed by atoms with E-state index in [1.165, 1.54) is 10.4 Å². The van der Waals surface area contributed by atoms with Gasteiger partial charge < -0.3 is 10.1 Å². The zero-order valence-corrected chi connectivity index (χ0v) is 13.1. The van der Waals surface area contributed by atoms with E-state index >= 15 is 0 Å². The van der Waals surface area contributed by atoms with Crippen LogP contribution in [0.1, 0.15) is 17.4 Å². The van der Waals surface area contributed by atoms with Crippen LogP contribution in [0.2, 0.25) is 5.02 Å². The highest BCUT2D eigenvalue weighted by Gasteiger charge is 2.02. The second-order valence-electron chi connectivity index (χ2n) is 3.88. The van der Waals surface area contributed by atoms with Gasteiger partial charge in [-0.3, -0.25) is 0 Å². The zero-order valence-electron chi connectivity index (χ0n) is 10.7. The normalized spacial score (nSPS) is 10.0. The molecule has 0 amide bonds. The Morgan fingerprint density at radius 2 is 2.11 bits per heavy atom. The summed E-state index contributed by atoms with van der Waals surface area (Å²) in [6.07, 6.45) is 0. The third-order valence-electron chi connectivity index (χ3n) is 2.50. The maximum Gasteiger partial charge on any atom is 0.137 e. The van der Waals surface area contributed by atoms with E-state index in [0.717, 1.165) is 18.8 Å². The molecule has 1 aromatic carbocycles. The first-order valence-electron chi connectivity index (χ1n) is 5.94. The first-order valence-corrected chi connectivity index (χ1v) is 7.19. The molecular weight excluding hydrogens is 301 g/mol. The summed E-state index contributed by atoms with van der Waals surface area (Å²) in [6.45, 7) is 4.29. The fraction of sp³-hybridized carbons (Fsp3) is 0.286. The minimum atomic E-state index is 0. The summed E-state index contributed by atoms with van der Waals surface area (Å²) >= 11 is 7.90. The molecule has 1 aromatic heterocycles. The van der Waals surface area contributed by atoms with Crippen molar-refractivity contribution >= 4 is 35.3 Å². The van der Waals surface area contributed by atoms with Crippen molar-refractivity contribution in [3.8, 4) is 5.75 Å². The van der Waals surface area contributed by atoms with Crippen molar-refractivity contribution in [1.29, 1.82) is 0 Å². The monoisotopic (exact) mass is 317 g/mol. The molecule has 0 atom stereocenters. The highest BCUT2D eigenvalue weighted by Crippen LogP contribution is 2.25. The Balaban J connectivity index is 0.00000180. The van der Waals surface area contributed by atoms with E-state index in [9.17, 15) is 0 Å². The summed E-state index contributed by atoms with van der Waals surface area (Å²) in [5, 5.41) is 6.16. The van der Waals surface area contributed by atoms with Crippen LogP contribution in [-0.4, -0.2) is 6.61 Å². The van der Waals surface area contributed by atoms with Gasteiger partial charge in [0.15, 0.2) is 0 Å². The average molecular weight is 318 g/mol. The highest BCUT2D eigenvalue weighted by molar-refractivity contribution is 7.09. The maximum atomic E-state index is 6.14. The fourth-order valence-electron chi connectivity index (χ4n) is 1.67. The lowest BCUT2D eigenvalue weighted by Gasteiger charge is -2.08. The van der Waals surface area contributed by atoms with Gasteiger partial charge in [0.2, 0.25) is 0 Å². The first kappa shape index (κ1) is 16.3. The van der Waals surface area contributed by atoms with Crippen molar-refractivity contribution in [3.63, 3.8) is 0 Å². The molecule has 1 heterocycles. The molecule has 104 valence electrons. The molecular formula is C14H17Cl2NOS. The van der Waals surface area contributed by atoms with Gasteiger partial charge in [-0.1, -0.05) is 23.7 Å². The van der Waals surface area contributed by atoms with Gasteiger partial charge >= 0.3 is 0 Å². The Kier molecular flexibility index (Phi) is 7.24. The van der Waals surface area contributed by atoms with Crippen molar-refractivity contribution < 1.29 is 4.74 Å². The molecule has 0 aliphatic rings. The topological polar surface area (TPSA) is 21.3 Å². The molecule has 1 N–H and O–H groups in total. The van der Waals surface area contributed by atoms with Gasteiger partial charge in [0.05, 0.1) is 11.6 Å². The summed E-state index contributed by atoms with van der Waals surface area (Å²) in [6, 6.07) is 10.1. The molecule has 2 rings (SSSR count). The molecule has 0 radical (unpaired) electrons. The standard InChI is InChI=1S/C14H16ClNOS.ClH/c1-2-17-14-6-5-11(8-13(14)15)9-16-10-12-4-3-7-18-12;/h3-8,16H,2,9-10H2,1H3;1H. The fourth-order valence-corrected chi connectivity index (χ4v) is 2.60. The molecule has 0 fully saturated rings. The van der Waals surface area contributed by atoms with E-state index in [0.29, 0.717) is 11.6 Å². The quantitative estimate of drug-likeness (QED) is 0.846. The number of hydrogen-bond acceptors (Lipinski definition) is 3. The lowest BCUT2D eigenvalue weighted by molar-refractivity contribution is 0.340. The summed E-state index contributed by atoms with van der Waals surface area (Å²) in [4.78, 5) is 1.34. The Bertz CT molecular complexity index is 488. The Morgan fingerprint density at radius 1 is 1.26 bits per heavy atom. The molecule has 5 heteroatoms. The van der Waals surface area contributed by atoms with E-state index < -0.39 is 0 Å². The molecule has 0 aliphatic carbocycles. The first-order chi connectivity index (χ1) is 8.79. The van der Waals surface area contributed by atoms with Gasteiger partial charge in [-0.2, -0.15) is 0 Å². The Hall–Kier alpha value is -0.740. The molecule has 0 saturated carbocycles. The molecule has 0 unspecified atom stereocenters. The van der Waals surface area contributed by atoms with E-state index in [-0.39, 0.29) is 12.4 Å². The SMILES string of the molecule is CCOc1ccc(CNCc2cccs2)cc1Cl.Cl. The highest BCUT2D eigenvalue weighted by atomic mass is 35.5. The van der Waals surface area contributed by atoms with Crippen LogP contribution >= 0.6 is 35.3 Å². The molecule has 0 spiro atoms. The van der Waals surface area contributed by atoms with Crippen molar-refractivity contribution in [3.05, 3.63) is 51.2 Å². The minimum Gasteiger partial charge on any atom is -0.492 e. The third kappa shape index (κ3) is 5.03. The molecule has 0 saturated heterocycles. The lowest BCUT2D eigenvalue weighted by Crippen LogP contribution is -2.11. The number of thiophene rings is 1. The zero-order chi connectivity index (χ0) is 12.8. The summed E-state index contributed by atoms with van der Waals surface area (Å²) in [5.74, 6) is 0.751. The molecule has 19 heavy (non-hydrogen) atoms. The number of halogens is 2. The maximum absolute atomic E-state index is 6.14. The molecule has 2 aromatic rings. The van der Waals surface area contributed by atoms with Gasteiger partial charge in [-0.05, 0) is 36.1 Å².